The van der Waals surface area contributed by atoms with Crippen LogP contribution < -0.4 is 0 Å². The number of ether oxygens (including phenoxy) is 1. The van der Waals surface area contributed by atoms with Gasteiger partial charge in [-0.3, -0.25) is 4.68 Å². The number of aromatic nitrogens is 4. The maximum Gasteiger partial charge on any atom is 0.396 e. The molecule has 9 heteroatoms. The fraction of sp³-hybridized carbons (Fsp3) is 0.500. The number of carbonyl (C=O) groups is 1. The molecule has 0 bridgehead atoms. The summed E-state index contributed by atoms with van der Waals surface area (Å²) in [6, 6.07) is 0. The Labute approximate surface area is 134 Å². The summed E-state index contributed by atoms with van der Waals surface area (Å²) >= 11 is 4.89. The van der Waals surface area contributed by atoms with Crippen molar-refractivity contribution < 1.29 is 13.9 Å². The quantitative estimate of drug-likeness (QED) is 0.567. The van der Waals surface area contributed by atoms with Crippen LogP contribution in [0.5, 0.6) is 0 Å². The van der Waals surface area contributed by atoms with E-state index in [0.717, 1.165) is 22.3 Å². The monoisotopic (exact) mass is 374 g/mol. The molecule has 0 N–H and O–H groups in total. The van der Waals surface area contributed by atoms with Gasteiger partial charge in [-0.05, 0) is 29.3 Å². The van der Waals surface area contributed by atoms with Crippen molar-refractivity contribution >= 4 is 33.7 Å². The number of nitrogens with zero attached hydrogens (tertiary/aromatic N) is 4. The molecule has 0 radical (unpaired) electrons. The summed E-state index contributed by atoms with van der Waals surface area (Å²) in [5.41, 5.74) is 2.03. The van der Waals surface area contributed by atoms with Gasteiger partial charge in [-0.2, -0.15) is 5.10 Å². The van der Waals surface area contributed by atoms with Crippen LogP contribution in [0.4, 0.5) is 0 Å². The molecule has 0 spiro atoms. The largest absolute Gasteiger partial charge is 0.459 e. The van der Waals surface area contributed by atoms with Crippen molar-refractivity contribution in [2.75, 3.05) is 6.61 Å². The van der Waals surface area contributed by atoms with Gasteiger partial charge in [0.1, 0.15) is 0 Å². The van der Waals surface area contributed by atoms with E-state index in [-0.39, 0.29) is 12.5 Å². The molecular weight excluding hydrogens is 360 g/mol. The molecule has 7 nitrogen and oxygen atoms in total. The Hall–Kier alpha value is -1.35. The van der Waals surface area contributed by atoms with Crippen LogP contribution in [0.2, 0.25) is 0 Å². The third-order valence-electron chi connectivity index (χ3n) is 2.69. The van der Waals surface area contributed by atoms with E-state index in [0.29, 0.717) is 11.0 Å². The summed E-state index contributed by atoms with van der Waals surface area (Å²) in [5, 5.41) is 12.2. The molecule has 0 saturated heterocycles. The van der Waals surface area contributed by atoms with E-state index >= 15 is 0 Å². The Balaban J connectivity index is 2.04. The Bertz CT molecular complexity index is 640. The SMILES string of the molecule is CCOC(=O)c1nnc(SCc2c(Br)c(CC)nn2C)o1. The molecule has 2 aromatic heterocycles. The first-order valence-corrected chi connectivity index (χ1v) is 8.18. The van der Waals surface area contributed by atoms with E-state index < -0.39 is 5.97 Å². The number of hydrogen-bond acceptors (Lipinski definition) is 7. The van der Waals surface area contributed by atoms with Crippen molar-refractivity contribution in [1.29, 1.82) is 0 Å². The van der Waals surface area contributed by atoms with E-state index in [1.807, 2.05) is 18.7 Å². The van der Waals surface area contributed by atoms with Gasteiger partial charge in [-0.25, -0.2) is 4.79 Å². The molecule has 2 heterocycles. The zero-order valence-electron chi connectivity index (χ0n) is 11.9. The van der Waals surface area contributed by atoms with Crippen LogP contribution in [0.15, 0.2) is 14.1 Å². The van der Waals surface area contributed by atoms with E-state index in [9.17, 15) is 4.79 Å². The lowest BCUT2D eigenvalue weighted by Gasteiger charge is -1.99. The molecule has 21 heavy (non-hydrogen) atoms. The second-order valence-corrected chi connectivity index (χ2v) is 5.79. The van der Waals surface area contributed by atoms with Crippen LogP contribution in [0, 0.1) is 0 Å². The summed E-state index contributed by atoms with van der Waals surface area (Å²) in [4.78, 5) is 11.4. The number of halogens is 1. The maximum absolute atomic E-state index is 11.4. The van der Waals surface area contributed by atoms with Crippen molar-refractivity contribution in [2.24, 2.45) is 7.05 Å². The van der Waals surface area contributed by atoms with E-state index in [1.165, 1.54) is 11.8 Å². The van der Waals surface area contributed by atoms with Gasteiger partial charge < -0.3 is 9.15 Å². The Morgan fingerprint density at radius 3 is 2.81 bits per heavy atom. The normalized spacial score (nSPS) is 10.9. The lowest BCUT2D eigenvalue weighted by molar-refractivity contribution is 0.0475. The number of carbonyl (C=O) groups excluding carboxylic acids is 1. The fourth-order valence-corrected chi connectivity index (χ4v) is 3.42. The van der Waals surface area contributed by atoms with Gasteiger partial charge in [-0.15, -0.1) is 5.10 Å². The van der Waals surface area contributed by atoms with Gasteiger partial charge in [0.2, 0.25) is 0 Å². The molecule has 2 rings (SSSR count). The van der Waals surface area contributed by atoms with Gasteiger partial charge in [0.05, 0.1) is 22.5 Å². The Morgan fingerprint density at radius 2 is 2.19 bits per heavy atom. The minimum Gasteiger partial charge on any atom is -0.459 e. The summed E-state index contributed by atoms with van der Waals surface area (Å²) in [5.74, 6) is -0.126. The molecule has 0 amide bonds. The highest BCUT2D eigenvalue weighted by molar-refractivity contribution is 9.10. The van der Waals surface area contributed by atoms with Crippen molar-refractivity contribution in [3.05, 3.63) is 21.8 Å². The zero-order chi connectivity index (χ0) is 15.4. The molecule has 0 aliphatic rings. The van der Waals surface area contributed by atoms with Crippen LogP contribution in [0.3, 0.4) is 0 Å². The van der Waals surface area contributed by atoms with Gasteiger partial charge >= 0.3 is 11.9 Å². The predicted molar refractivity (Wildman–Crippen MR) is 80.1 cm³/mol. The number of thioether (sulfide) groups is 1. The summed E-state index contributed by atoms with van der Waals surface area (Å²) in [7, 11) is 1.89. The Morgan fingerprint density at radius 1 is 1.43 bits per heavy atom. The third kappa shape index (κ3) is 3.65. The molecule has 0 aliphatic heterocycles. The van der Waals surface area contributed by atoms with Crippen molar-refractivity contribution in [3.63, 3.8) is 0 Å². The summed E-state index contributed by atoms with van der Waals surface area (Å²) < 4.78 is 12.9. The van der Waals surface area contributed by atoms with Gasteiger partial charge in [0, 0.05) is 12.8 Å². The summed E-state index contributed by atoms with van der Waals surface area (Å²) in [6.07, 6.45) is 0.854. The van der Waals surface area contributed by atoms with E-state index in [1.54, 1.807) is 6.92 Å². The molecule has 0 saturated carbocycles. The number of aryl methyl sites for hydroxylation is 2. The molecule has 0 unspecified atom stereocenters. The van der Waals surface area contributed by atoms with Crippen LogP contribution in [-0.2, 0) is 24.0 Å². The maximum atomic E-state index is 11.4. The topological polar surface area (TPSA) is 83.0 Å². The number of rotatable bonds is 6. The van der Waals surface area contributed by atoms with E-state index in [4.69, 9.17) is 9.15 Å². The van der Waals surface area contributed by atoms with Crippen molar-refractivity contribution in [1.82, 2.24) is 20.0 Å². The first-order chi connectivity index (χ1) is 10.1. The second kappa shape index (κ2) is 7.08. The van der Waals surface area contributed by atoms with Crippen LogP contribution >= 0.6 is 27.7 Å². The molecule has 2 aromatic rings. The highest BCUT2D eigenvalue weighted by Gasteiger charge is 2.18. The number of hydrogen-bond donors (Lipinski definition) is 0. The standard InChI is InChI=1S/C12H15BrN4O3S/c1-4-7-9(13)8(17(3)16-7)6-21-12-15-14-10(20-12)11(18)19-5-2/h4-6H2,1-3H3. The predicted octanol–water partition coefficient (Wildman–Crippen LogP) is 2.60. The molecule has 0 atom stereocenters. The minimum atomic E-state index is -0.605. The fourth-order valence-electron chi connectivity index (χ4n) is 1.65. The van der Waals surface area contributed by atoms with Crippen LogP contribution in [0.25, 0.3) is 0 Å². The van der Waals surface area contributed by atoms with Gasteiger partial charge in [0.15, 0.2) is 0 Å². The van der Waals surface area contributed by atoms with Gasteiger partial charge in [-0.1, -0.05) is 23.8 Å². The molecule has 0 aliphatic carbocycles. The lowest BCUT2D eigenvalue weighted by atomic mass is 10.3. The molecular formula is C12H15BrN4O3S. The molecule has 0 fully saturated rings. The summed E-state index contributed by atoms with van der Waals surface area (Å²) in [6.45, 7) is 4.04. The van der Waals surface area contributed by atoms with Crippen LogP contribution in [0.1, 0.15) is 35.9 Å². The van der Waals surface area contributed by atoms with Gasteiger partial charge in [0.25, 0.3) is 5.22 Å². The smallest absolute Gasteiger partial charge is 0.396 e. The second-order valence-electron chi connectivity index (χ2n) is 4.07. The van der Waals surface area contributed by atoms with Crippen molar-refractivity contribution in [2.45, 2.75) is 31.2 Å². The molecule has 0 aromatic carbocycles. The number of esters is 1. The third-order valence-corrected chi connectivity index (χ3v) is 4.44. The van der Waals surface area contributed by atoms with Crippen LogP contribution in [-0.4, -0.2) is 32.6 Å². The zero-order valence-corrected chi connectivity index (χ0v) is 14.3. The average Bonchev–Trinajstić information content (AvgIpc) is 3.03. The first-order valence-electron chi connectivity index (χ1n) is 6.40. The first kappa shape index (κ1) is 16.0. The van der Waals surface area contributed by atoms with Crippen molar-refractivity contribution in [3.8, 4) is 0 Å². The molecule has 114 valence electrons. The van der Waals surface area contributed by atoms with E-state index in [2.05, 4.69) is 31.2 Å². The highest BCUT2D eigenvalue weighted by atomic mass is 79.9. The lowest BCUT2D eigenvalue weighted by Crippen LogP contribution is -2.04. The minimum absolute atomic E-state index is 0.127. The highest BCUT2D eigenvalue weighted by Crippen LogP contribution is 2.28. The average molecular weight is 375 g/mol. The Kier molecular flexibility index (Phi) is 5.40.